The monoisotopic (exact) mass is 619 g/mol. The summed E-state index contributed by atoms with van der Waals surface area (Å²) < 4.78 is 0. The topological polar surface area (TPSA) is 60.0 Å². The number of aryl methyl sites for hydroxylation is 1. The molecule has 1 atom stereocenters. The van der Waals surface area contributed by atoms with Gasteiger partial charge >= 0.3 is 0 Å². The molecule has 7 nitrogen and oxygen atoms in total. The number of amides is 2. The summed E-state index contributed by atoms with van der Waals surface area (Å²) in [5.41, 5.74) is 6.42. The molecular weight excluding hydrogens is 579 g/mol. The number of benzene rings is 3. The van der Waals surface area contributed by atoms with E-state index < -0.39 is 6.04 Å². The van der Waals surface area contributed by atoms with Crippen LogP contribution in [-0.4, -0.2) is 77.3 Å². The normalized spacial score (nSPS) is 16.0. The number of likely N-dealkylation sites (N-methyl/N-ethyl adjacent to an activating group) is 1. The molecule has 6 rings (SSSR count). The molecular formula is C37H41N5O2S. The van der Waals surface area contributed by atoms with Crippen molar-refractivity contribution in [2.45, 2.75) is 38.9 Å². The van der Waals surface area contributed by atoms with Crippen molar-refractivity contribution in [3.63, 3.8) is 0 Å². The average molecular weight is 620 g/mol. The van der Waals surface area contributed by atoms with E-state index in [0.717, 1.165) is 54.4 Å². The summed E-state index contributed by atoms with van der Waals surface area (Å²) in [6.07, 6.45) is 4.58. The Bertz CT molecular complexity index is 1630. The summed E-state index contributed by atoms with van der Waals surface area (Å²) in [7, 11) is 2.16. The van der Waals surface area contributed by atoms with Crippen LogP contribution in [0.2, 0.25) is 0 Å². The molecule has 2 amide bonds. The van der Waals surface area contributed by atoms with Gasteiger partial charge in [-0.3, -0.25) is 9.59 Å². The van der Waals surface area contributed by atoms with Gasteiger partial charge in [0.25, 0.3) is 0 Å². The minimum Gasteiger partial charge on any atom is -0.369 e. The number of aromatic nitrogens is 1. The van der Waals surface area contributed by atoms with E-state index in [-0.39, 0.29) is 11.8 Å². The van der Waals surface area contributed by atoms with Gasteiger partial charge in [-0.1, -0.05) is 66.7 Å². The zero-order valence-electron chi connectivity index (χ0n) is 26.1. The van der Waals surface area contributed by atoms with Gasteiger partial charge in [0.15, 0.2) is 0 Å². The average Bonchev–Trinajstić information content (AvgIpc) is 3.50. The Labute approximate surface area is 270 Å². The first-order chi connectivity index (χ1) is 21.9. The third-order valence-corrected chi connectivity index (χ3v) is 9.64. The molecule has 3 aromatic carbocycles. The van der Waals surface area contributed by atoms with Crippen molar-refractivity contribution < 1.29 is 9.59 Å². The van der Waals surface area contributed by atoms with Gasteiger partial charge in [-0.25, -0.2) is 4.98 Å². The van der Waals surface area contributed by atoms with E-state index in [1.165, 1.54) is 16.8 Å². The molecule has 1 aromatic heterocycles. The van der Waals surface area contributed by atoms with Crippen LogP contribution in [0, 0.1) is 6.92 Å². The van der Waals surface area contributed by atoms with Gasteiger partial charge in [0.05, 0.1) is 10.7 Å². The van der Waals surface area contributed by atoms with Gasteiger partial charge in [-0.2, -0.15) is 0 Å². The molecule has 0 bridgehead atoms. The maximum absolute atomic E-state index is 14.5. The lowest BCUT2D eigenvalue weighted by atomic mass is 9.97. The second kappa shape index (κ2) is 14.2. The van der Waals surface area contributed by atoms with Crippen LogP contribution in [-0.2, 0) is 35.5 Å². The van der Waals surface area contributed by atoms with E-state index in [0.29, 0.717) is 26.1 Å². The van der Waals surface area contributed by atoms with Crippen molar-refractivity contribution in [2.24, 2.45) is 0 Å². The maximum Gasteiger partial charge on any atom is 0.247 e. The van der Waals surface area contributed by atoms with Crippen LogP contribution in [0.5, 0.6) is 0 Å². The van der Waals surface area contributed by atoms with Crippen molar-refractivity contribution in [3.8, 4) is 0 Å². The van der Waals surface area contributed by atoms with Crippen LogP contribution < -0.4 is 4.90 Å². The molecule has 1 saturated heterocycles. The first-order valence-electron chi connectivity index (χ1n) is 15.8. The van der Waals surface area contributed by atoms with E-state index in [1.807, 2.05) is 53.6 Å². The number of carbonyl (C=O) groups excluding carboxylic acids is 2. The number of thiazole rings is 1. The molecule has 1 fully saturated rings. The van der Waals surface area contributed by atoms with Gasteiger partial charge in [-0.05, 0) is 60.9 Å². The quantitative estimate of drug-likeness (QED) is 0.234. The molecule has 0 saturated carbocycles. The molecule has 3 heterocycles. The minimum absolute atomic E-state index is 0.0198. The number of hydrogen-bond donors (Lipinski definition) is 0. The Balaban J connectivity index is 1.31. The van der Waals surface area contributed by atoms with Crippen LogP contribution in [0.4, 0.5) is 5.69 Å². The molecule has 0 aliphatic carbocycles. The lowest BCUT2D eigenvalue weighted by molar-refractivity contribution is -0.144. The zero-order valence-corrected chi connectivity index (χ0v) is 27.0. The molecule has 45 heavy (non-hydrogen) atoms. The molecule has 0 N–H and O–H groups in total. The highest BCUT2D eigenvalue weighted by atomic mass is 32.1. The largest absolute Gasteiger partial charge is 0.369 e. The Morgan fingerprint density at radius 2 is 1.60 bits per heavy atom. The summed E-state index contributed by atoms with van der Waals surface area (Å²) in [5.74, 6) is -0.218. The lowest BCUT2D eigenvalue weighted by Gasteiger charge is -2.37. The van der Waals surface area contributed by atoms with E-state index in [1.54, 1.807) is 28.4 Å². The fraction of sp³-hybridized carbons (Fsp3) is 0.324. The van der Waals surface area contributed by atoms with Crippen molar-refractivity contribution in [1.29, 1.82) is 0 Å². The summed E-state index contributed by atoms with van der Waals surface area (Å²) in [5, 5.41) is 2.89. The zero-order chi connectivity index (χ0) is 31.2. The summed E-state index contributed by atoms with van der Waals surface area (Å²) in [6.45, 7) is 7.54. The first-order valence-corrected chi connectivity index (χ1v) is 16.6. The Morgan fingerprint density at radius 3 is 2.31 bits per heavy atom. The second-order valence-electron chi connectivity index (χ2n) is 12.0. The predicted molar refractivity (Wildman–Crippen MR) is 182 cm³/mol. The molecule has 232 valence electrons. The third kappa shape index (κ3) is 7.70. The van der Waals surface area contributed by atoms with Crippen LogP contribution in [0.3, 0.4) is 0 Å². The molecule has 0 unspecified atom stereocenters. The van der Waals surface area contributed by atoms with Crippen LogP contribution in [0.15, 0.2) is 90.3 Å². The molecule has 0 radical (unpaired) electrons. The van der Waals surface area contributed by atoms with Gasteiger partial charge < -0.3 is 19.6 Å². The number of nitrogens with zero attached hydrogens (tertiary/aromatic N) is 5. The highest BCUT2D eigenvalue weighted by Crippen LogP contribution is 2.24. The maximum atomic E-state index is 14.5. The van der Waals surface area contributed by atoms with Crippen LogP contribution in [0.1, 0.15) is 33.0 Å². The fourth-order valence-corrected chi connectivity index (χ4v) is 6.77. The van der Waals surface area contributed by atoms with Gasteiger partial charge in [0.1, 0.15) is 6.04 Å². The highest BCUT2D eigenvalue weighted by Gasteiger charge is 2.34. The van der Waals surface area contributed by atoms with E-state index >= 15 is 0 Å². The molecule has 2 aliphatic heterocycles. The Kier molecular flexibility index (Phi) is 9.72. The second-order valence-corrected chi connectivity index (χ2v) is 13.1. The predicted octanol–water partition coefficient (Wildman–Crippen LogP) is 5.44. The summed E-state index contributed by atoms with van der Waals surface area (Å²) in [4.78, 5) is 41.6. The van der Waals surface area contributed by atoms with Gasteiger partial charge in [0, 0.05) is 69.4 Å². The van der Waals surface area contributed by atoms with Crippen LogP contribution in [0.25, 0.3) is 6.08 Å². The van der Waals surface area contributed by atoms with Gasteiger partial charge in [0.2, 0.25) is 11.8 Å². The fourth-order valence-electron chi connectivity index (χ4n) is 6.19. The van der Waals surface area contributed by atoms with Crippen molar-refractivity contribution >= 4 is 34.9 Å². The van der Waals surface area contributed by atoms with Crippen molar-refractivity contribution in [2.75, 3.05) is 44.7 Å². The number of fused-ring (bicyclic) bond motifs is 1. The smallest absolute Gasteiger partial charge is 0.247 e. The summed E-state index contributed by atoms with van der Waals surface area (Å²) in [6, 6.07) is 26.2. The number of piperazine rings is 1. The van der Waals surface area contributed by atoms with Crippen molar-refractivity contribution in [1.82, 2.24) is 19.7 Å². The first kappa shape index (κ1) is 30.7. The van der Waals surface area contributed by atoms with E-state index in [9.17, 15) is 9.59 Å². The van der Waals surface area contributed by atoms with Crippen molar-refractivity contribution in [3.05, 3.63) is 123 Å². The number of rotatable bonds is 9. The van der Waals surface area contributed by atoms with E-state index in [2.05, 4.69) is 64.3 Å². The molecule has 0 spiro atoms. The Morgan fingerprint density at radius 1 is 0.889 bits per heavy atom. The minimum atomic E-state index is -0.663. The lowest BCUT2D eigenvalue weighted by Crippen LogP contribution is -2.52. The van der Waals surface area contributed by atoms with E-state index in [4.69, 9.17) is 0 Å². The number of anilines is 1. The highest BCUT2D eigenvalue weighted by molar-refractivity contribution is 7.09. The Hall–Kier alpha value is -4.27. The number of hydrogen-bond acceptors (Lipinski definition) is 6. The SMILES string of the molecule is Cc1nc(/C=C/C(=O)N(Cc2ccc(N3CCN(C)CC3)cc2)[C@@H](Cc2ccccc2)C(=O)N2CCc3ccccc3C2)cs1. The third-order valence-electron chi connectivity index (χ3n) is 8.85. The standard InChI is InChI=1S/C37H41N5O2S/c1-28-38-33(27-45-28)14-17-36(43)42(25-30-12-15-34(16-13-30)40-22-20-39(2)21-23-40)35(24-29-8-4-3-5-9-29)37(44)41-19-18-31-10-6-7-11-32(31)26-41/h3-17,27,35H,18-26H2,1-2H3/b17-14+/t35-/m0/s1. The summed E-state index contributed by atoms with van der Waals surface area (Å²) >= 11 is 1.55. The number of carbonyl (C=O) groups is 2. The van der Waals surface area contributed by atoms with Gasteiger partial charge in [-0.15, -0.1) is 11.3 Å². The molecule has 2 aliphatic rings. The van der Waals surface area contributed by atoms with Crippen LogP contribution >= 0.6 is 11.3 Å². The molecule has 4 aromatic rings. The molecule has 8 heteroatoms.